The topological polar surface area (TPSA) is 24.9 Å². The minimum Gasteiger partial charge on any atom is -0.309 e. The minimum absolute atomic E-state index is 0.102. The smallest absolute Gasteiger partial charge is 0.148 e. The number of halogens is 3. The van der Waals surface area contributed by atoms with Crippen molar-refractivity contribution in [1.29, 1.82) is 0 Å². The Hall–Kier alpha value is -0.970. The lowest BCUT2D eigenvalue weighted by atomic mass is 9.98. The predicted octanol–water partition coefficient (Wildman–Crippen LogP) is 4.56. The van der Waals surface area contributed by atoms with Crippen molar-refractivity contribution < 1.29 is 4.39 Å². The third-order valence-corrected chi connectivity index (χ3v) is 4.36. The van der Waals surface area contributed by atoms with E-state index in [4.69, 9.17) is 11.6 Å². The number of benzene rings is 1. The van der Waals surface area contributed by atoms with E-state index in [0.29, 0.717) is 10.0 Å². The van der Waals surface area contributed by atoms with Crippen LogP contribution in [-0.4, -0.2) is 12.0 Å². The third kappa shape index (κ3) is 3.03. The lowest BCUT2D eigenvalue weighted by Crippen LogP contribution is -2.19. The zero-order valence-electron chi connectivity index (χ0n) is 11.5. The Bertz CT molecular complexity index is 626. The van der Waals surface area contributed by atoms with Gasteiger partial charge in [0.1, 0.15) is 5.82 Å². The van der Waals surface area contributed by atoms with Crippen molar-refractivity contribution in [3.8, 4) is 0 Å². The number of hydrogen-bond acceptors (Lipinski definition) is 2. The fourth-order valence-electron chi connectivity index (χ4n) is 2.30. The van der Waals surface area contributed by atoms with Crippen molar-refractivity contribution >= 4 is 27.5 Å². The highest BCUT2D eigenvalue weighted by molar-refractivity contribution is 9.10. The standard InChI is InChI=1S/C15H15BrClFN2/c1-8-6-10(7-9(2)20-8)15(19-3)11-4-5-12(16)13(17)14(11)18/h4-7,15,19H,1-3H3. The van der Waals surface area contributed by atoms with Crippen LogP contribution in [0, 0.1) is 19.7 Å². The molecule has 1 aromatic carbocycles. The molecule has 106 valence electrons. The third-order valence-electron chi connectivity index (χ3n) is 3.10. The molecule has 1 N–H and O–H groups in total. The summed E-state index contributed by atoms with van der Waals surface area (Å²) in [6.07, 6.45) is 0. The van der Waals surface area contributed by atoms with E-state index in [0.717, 1.165) is 17.0 Å². The van der Waals surface area contributed by atoms with Gasteiger partial charge in [0.05, 0.1) is 11.1 Å². The largest absolute Gasteiger partial charge is 0.309 e. The Labute approximate surface area is 131 Å². The fourth-order valence-corrected chi connectivity index (χ4v) is 2.78. The Morgan fingerprint density at radius 1 is 1.25 bits per heavy atom. The summed E-state index contributed by atoms with van der Waals surface area (Å²) in [5.41, 5.74) is 3.30. The molecule has 2 nitrogen and oxygen atoms in total. The first-order valence-electron chi connectivity index (χ1n) is 6.20. The first-order chi connectivity index (χ1) is 9.43. The molecular formula is C15H15BrClFN2. The van der Waals surface area contributed by atoms with Gasteiger partial charge in [-0.25, -0.2) is 4.39 Å². The van der Waals surface area contributed by atoms with Crippen molar-refractivity contribution in [1.82, 2.24) is 10.3 Å². The van der Waals surface area contributed by atoms with Crippen molar-refractivity contribution in [3.63, 3.8) is 0 Å². The van der Waals surface area contributed by atoms with Crippen molar-refractivity contribution in [2.45, 2.75) is 19.9 Å². The maximum absolute atomic E-state index is 14.4. The molecule has 0 fully saturated rings. The number of aromatic nitrogens is 1. The number of pyridine rings is 1. The second-order valence-electron chi connectivity index (χ2n) is 4.67. The minimum atomic E-state index is -0.410. The molecule has 1 unspecified atom stereocenters. The van der Waals surface area contributed by atoms with Crippen LogP contribution in [0.25, 0.3) is 0 Å². The molecule has 0 saturated carbocycles. The van der Waals surface area contributed by atoms with Gasteiger partial charge in [-0.1, -0.05) is 17.7 Å². The van der Waals surface area contributed by atoms with Crippen LogP contribution in [0.5, 0.6) is 0 Å². The van der Waals surface area contributed by atoms with E-state index < -0.39 is 5.82 Å². The van der Waals surface area contributed by atoms with Crippen LogP contribution < -0.4 is 5.32 Å². The lowest BCUT2D eigenvalue weighted by molar-refractivity contribution is 0.575. The van der Waals surface area contributed by atoms with Gasteiger partial charge < -0.3 is 5.32 Å². The van der Waals surface area contributed by atoms with Gasteiger partial charge in [-0.3, -0.25) is 4.98 Å². The lowest BCUT2D eigenvalue weighted by Gasteiger charge is -2.19. The second kappa shape index (κ2) is 6.20. The highest BCUT2D eigenvalue weighted by atomic mass is 79.9. The number of nitrogens with zero attached hydrogens (tertiary/aromatic N) is 1. The molecule has 0 spiro atoms. The van der Waals surface area contributed by atoms with Gasteiger partial charge in [-0.2, -0.15) is 0 Å². The zero-order valence-corrected chi connectivity index (χ0v) is 13.8. The summed E-state index contributed by atoms with van der Waals surface area (Å²) in [5, 5.41) is 3.24. The summed E-state index contributed by atoms with van der Waals surface area (Å²) >= 11 is 9.20. The van der Waals surface area contributed by atoms with Gasteiger partial charge in [-0.15, -0.1) is 0 Å². The van der Waals surface area contributed by atoms with Gasteiger partial charge in [0.2, 0.25) is 0 Å². The molecule has 20 heavy (non-hydrogen) atoms. The highest BCUT2D eigenvalue weighted by Crippen LogP contribution is 2.33. The average molecular weight is 358 g/mol. The summed E-state index contributed by atoms with van der Waals surface area (Å²) in [5.74, 6) is -0.410. The number of aryl methyl sites for hydroxylation is 2. The zero-order chi connectivity index (χ0) is 14.9. The molecule has 0 bridgehead atoms. The fraction of sp³-hybridized carbons (Fsp3) is 0.267. The summed E-state index contributed by atoms with van der Waals surface area (Å²) in [6, 6.07) is 7.12. The highest BCUT2D eigenvalue weighted by Gasteiger charge is 2.20. The molecule has 1 heterocycles. The average Bonchev–Trinajstić information content (AvgIpc) is 2.38. The van der Waals surface area contributed by atoms with Crippen molar-refractivity contribution in [2.75, 3.05) is 7.05 Å². The van der Waals surface area contributed by atoms with Gasteiger partial charge in [0.25, 0.3) is 0 Å². The predicted molar refractivity (Wildman–Crippen MR) is 83.7 cm³/mol. The summed E-state index contributed by atoms with van der Waals surface area (Å²) in [6.45, 7) is 3.85. The summed E-state index contributed by atoms with van der Waals surface area (Å²) in [7, 11) is 1.80. The molecule has 0 radical (unpaired) electrons. The van der Waals surface area contributed by atoms with E-state index in [9.17, 15) is 4.39 Å². The SMILES string of the molecule is CNC(c1cc(C)nc(C)c1)c1ccc(Br)c(Cl)c1F. The van der Waals surface area contributed by atoms with Crippen molar-refractivity contribution in [2.24, 2.45) is 0 Å². The van der Waals surface area contributed by atoms with E-state index >= 15 is 0 Å². The maximum Gasteiger partial charge on any atom is 0.148 e. The molecule has 2 rings (SSSR count). The molecule has 0 aliphatic carbocycles. The first-order valence-corrected chi connectivity index (χ1v) is 7.37. The van der Waals surface area contributed by atoms with Crippen LogP contribution >= 0.6 is 27.5 Å². The molecule has 0 aliphatic heterocycles. The van der Waals surface area contributed by atoms with E-state index in [-0.39, 0.29) is 11.1 Å². The van der Waals surface area contributed by atoms with Gasteiger partial charge in [0.15, 0.2) is 0 Å². The van der Waals surface area contributed by atoms with E-state index in [1.54, 1.807) is 19.2 Å². The van der Waals surface area contributed by atoms with E-state index in [2.05, 4.69) is 26.2 Å². The van der Waals surface area contributed by atoms with E-state index in [1.807, 2.05) is 26.0 Å². The van der Waals surface area contributed by atoms with Gasteiger partial charge in [0, 0.05) is 21.4 Å². The van der Waals surface area contributed by atoms with Crippen LogP contribution in [-0.2, 0) is 0 Å². The van der Waals surface area contributed by atoms with E-state index in [1.165, 1.54) is 0 Å². The second-order valence-corrected chi connectivity index (χ2v) is 5.90. The maximum atomic E-state index is 14.4. The molecule has 0 amide bonds. The van der Waals surface area contributed by atoms with Gasteiger partial charge >= 0.3 is 0 Å². The normalized spacial score (nSPS) is 12.5. The van der Waals surface area contributed by atoms with Crippen LogP contribution in [0.4, 0.5) is 4.39 Å². The van der Waals surface area contributed by atoms with Crippen molar-refractivity contribution in [3.05, 3.63) is 62.1 Å². The molecule has 5 heteroatoms. The van der Waals surface area contributed by atoms with Crippen LogP contribution in [0.2, 0.25) is 5.02 Å². The Kier molecular flexibility index (Phi) is 4.78. The first kappa shape index (κ1) is 15.4. The van der Waals surface area contributed by atoms with Crippen LogP contribution in [0.1, 0.15) is 28.6 Å². The number of nitrogens with one attached hydrogen (secondary N) is 1. The Morgan fingerprint density at radius 3 is 2.40 bits per heavy atom. The molecule has 1 aromatic heterocycles. The Morgan fingerprint density at radius 2 is 1.85 bits per heavy atom. The van der Waals surface area contributed by atoms with Crippen LogP contribution in [0.15, 0.2) is 28.7 Å². The monoisotopic (exact) mass is 356 g/mol. The molecule has 1 atom stereocenters. The molecule has 2 aromatic rings. The summed E-state index contributed by atoms with van der Waals surface area (Å²) < 4.78 is 14.9. The Balaban J connectivity index is 2.55. The number of hydrogen-bond donors (Lipinski definition) is 1. The van der Waals surface area contributed by atoms with Gasteiger partial charge in [-0.05, 0) is 60.6 Å². The molecule has 0 saturated heterocycles. The molecular weight excluding hydrogens is 343 g/mol. The van der Waals surface area contributed by atoms with Crippen LogP contribution in [0.3, 0.4) is 0 Å². The number of rotatable bonds is 3. The molecule has 0 aliphatic rings. The summed E-state index contributed by atoms with van der Waals surface area (Å²) in [4.78, 5) is 4.34. The quantitative estimate of drug-likeness (QED) is 0.814.